The van der Waals surface area contributed by atoms with Crippen LogP contribution in [0.3, 0.4) is 0 Å². The van der Waals surface area contributed by atoms with Crippen molar-refractivity contribution in [2.24, 2.45) is 0 Å². The van der Waals surface area contributed by atoms with Crippen molar-refractivity contribution in [2.75, 3.05) is 24.2 Å². The number of quaternary nitrogens is 1. The number of likely N-dealkylation sites (N-methyl/N-ethyl adjacent to an activating group) is 1. The number of hydrogen-bond acceptors (Lipinski definition) is 2. The minimum absolute atomic E-state index is 0.00969. The lowest BCUT2D eigenvalue weighted by Crippen LogP contribution is -3.14. The summed E-state index contributed by atoms with van der Waals surface area (Å²) < 4.78 is 53.3. The summed E-state index contributed by atoms with van der Waals surface area (Å²) in [7, 11) is 1.53. The molecular formula is C18H18F4N3O2+. The molecule has 2 rings (SSSR count). The number of rotatable bonds is 6. The molecule has 0 bridgehead atoms. The Labute approximate surface area is 153 Å². The fourth-order valence-corrected chi connectivity index (χ4v) is 2.25. The zero-order valence-corrected chi connectivity index (χ0v) is 14.6. The highest BCUT2D eigenvalue weighted by Crippen LogP contribution is 2.19. The molecule has 0 heterocycles. The normalized spacial score (nSPS) is 13.0. The molecule has 2 amide bonds. The summed E-state index contributed by atoms with van der Waals surface area (Å²) in [5.41, 5.74) is -0.495. The predicted molar refractivity (Wildman–Crippen MR) is 91.2 cm³/mol. The van der Waals surface area contributed by atoms with Crippen molar-refractivity contribution in [3.8, 4) is 0 Å². The molecule has 2 aromatic rings. The summed E-state index contributed by atoms with van der Waals surface area (Å²) in [6.45, 7) is 1.27. The van der Waals surface area contributed by atoms with Gasteiger partial charge < -0.3 is 15.5 Å². The SMILES string of the molecule is C[C@H](C(=O)Nc1ccccc1F)[NH+](C)CC(=O)Nc1ccc(F)c(F)c1F. The summed E-state index contributed by atoms with van der Waals surface area (Å²) in [5.74, 6) is -6.39. The fourth-order valence-electron chi connectivity index (χ4n) is 2.25. The molecule has 0 aliphatic heterocycles. The molecule has 0 aliphatic carbocycles. The Hall–Kier alpha value is -2.94. The first-order chi connectivity index (χ1) is 12.7. The molecule has 0 aliphatic rings. The Bertz CT molecular complexity index is 860. The van der Waals surface area contributed by atoms with E-state index >= 15 is 0 Å². The van der Waals surface area contributed by atoms with Crippen molar-refractivity contribution in [3.05, 3.63) is 59.7 Å². The summed E-state index contributed by atoms with van der Waals surface area (Å²) in [4.78, 5) is 24.6. The van der Waals surface area contributed by atoms with Crippen molar-refractivity contribution in [3.63, 3.8) is 0 Å². The van der Waals surface area contributed by atoms with E-state index in [1.54, 1.807) is 6.07 Å². The van der Waals surface area contributed by atoms with E-state index in [4.69, 9.17) is 0 Å². The number of amides is 2. The van der Waals surface area contributed by atoms with Crippen molar-refractivity contribution < 1.29 is 32.1 Å². The maximum Gasteiger partial charge on any atom is 0.282 e. The van der Waals surface area contributed by atoms with Gasteiger partial charge in [0.25, 0.3) is 11.8 Å². The van der Waals surface area contributed by atoms with Gasteiger partial charge in [-0.2, -0.15) is 0 Å². The van der Waals surface area contributed by atoms with E-state index in [-0.39, 0.29) is 12.2 Å². The third-order valence-corrected chi connectivity index (χ3v) is 4.01. The van der Waals surface area contributed by atoms with Crippen LogP contribution in [0.1, 0.15) is 6.92 Å². The van der Waals surface area contributed by atoms with Gasteiger partial charge in [0.2, 0.25) is 0 Å². The number of carbonyl (C=O) groups is 2. The third kappa shape index (κ3) is 5.04. The summed E-state index contributed by atoms with van der Waals surface area (Å²) in [5, 5.41) is 4.55. The van der Waals surface area contributed by atoms with Crippen LogP contribution in [0, 0.1) is 23.3 Å². The van der Waals surface area contributed by atoms with Gasteiger partial charge >= 0.3 is 0 Å². The van der Waals surface area contributed by atoms with Crippen LogP contribution >= 0.6 is 0 Å². The van der Waals surface area contributed by atoms with Gasteiger partial charge in [0, 0.05) is 0 Å². The highest BCUT2D eigenvalue weighted by Gasteiger charge is 2.25. The number of halogens is 4. The van der Waals surface area contributed by atoms with Crippen LogP contribution in [0.15, 0.2) is 36.4 Å². The highest BCUT2D eigenvalue weighted by atomic mass is 19.2. The average Bonchev–Trinajstić information content (AvgIpc) is 2.63. The van der Waals surface area contributed by atoms with Gasteiger partial charge in [-0.05, 0) is 31.2 Å². The second kappa shape index (κ2) is 8.63. The zero-order valence-electron chi connectivity index (χ0n) is 14.6. The molecule has 27 heavy (non-hydrogen) atoms. The largest absolute Gasteiger partial charge is 0.320 e. The molecule has 0 saturated carbocycles. The standard InChI is InChI=1S/C18H17F4N3O2/c1-10(18(27)24-13-6-4-3-5-11(13)19)25(2)9-15(26)23-14-8-7-12(20)16(21)17(14)22/h3-8,10H,9H2,1-2H3,(H,23,26)(H,24,27)/p+1/t10-/m1/s1. The number of nitrogens with one attached hydrogen (secondary N) is 3. The van der Waals surface area contributed by atoms with Crippen molar-refractivity contribution in [1.29, 1.82) is 0 Å². The van der Waals surface area contributed by atoms with E-state index < -0.39 is 46.8 Å². The lowest BCUT2D eigenvalue weighted by atomic mass is 10.2. The van der Waals surface area contributed by atoms with E-state index in [1.165, 1.54) is 32.2 Å². The van der Waals surface area contributed by atoms with Gasteiger partial charge in [-0.15, -0.1) is 0 Å². The van der Waals surface area contributed by atoms with Crippen LogP contribution in [-0.2, 0) is 9.59 Å². The highest BCUT2D eigenvalue weighted by molar-refractivity contribution is 5.94. The molecule has 2 aromatic carbocycles. The molecule has 0 fully saturated rings. The van der Waals surface area contributed by atoms with Crippen LogP contribution in [-0.4, -0.2) is 31.4 Å². The van der Waals surface area contributed by atoms with E-state index in [0.717, 1.165) is 6.07 Å². The molecule has 144 valence electrons. The molecule has 3 N–H and O–H groups in total. The third-order valence-electron chi connectivity index (χ3n) is 4.01. The van der Waals surface area contributed by atoms with E-state index in [0.29, 0.717) is 11.0 Å². The van der Waals surface area contributed by atoms with Crippen LogP contribution in [0.4, 0.5) is 28.9 Å². The van der Waals surface area contributed by atoms with Crippen LogP contribution in [0.25, 0.3) is 0 Å². The molecule has 0 radical (unpaired) electrons. The lowest BCUT2D eigenvalue weighted by molar-refractivity contribution is -0.885. The molecule has 9 heteroatoms. The Morgan fingerprint density at radius 3 is 2.26 bits per heavy atom. The predicted octanol–water partition coefficient (Wildman–Crippen LogP) is 1.72. The number of anilines is 2. The smallest absolute Gasteiger partial charge is 0.282 e. The fraction of sp³-hybridized carbons (Fsp3) is 0.222. The Morgan fingerprint density at radius 1 is 0.926 bits per heavy atom. The molecule has 2 atom stereocenters. The second-order valence-corrected chi connectivity index (χ2v) is 5.99. The Morgan fingerprint density at radius 2 is 1.59 bits per heavy atom. The minimum atomic E-state index is -1.69. The summed E-state index contributed by atoms with van der Waals surface area (Å²) in [6.07, 6.45) is 0. The molecule has 5 nitrogen and oxygen atoms in total. The first-order valence-electron chi connectivity index (χ1n) is 8.01. The Kier molecular flexibility index (Phi) is 6.51. The minimum Gasteiger partial charge on any atom is -0.320 e. The monoisotopic (exact) mass is 384 g/mol. The summed E-state index contributed by atoms with van der Waals surface area (Å²) in [6, 6.07) is 6.47. The van der Waals surface area contributed by atoms with Gasteiger partial charge in [0.05, 0.1) is 18.4 Å². The van der Waals surface area contributed by atoms with E-state index in [9.17, 15) is 27.2 Å². The van der Waals surface area contributed by atoms with E-state index in [2.05, 4.69) is 10.6 Å². The molecule has 0 aromatic heterocycles. The van der Waals surface area contributed by atoms with Crippen LogP contribution < -0.4 is 15.5 Å². The van der Waals surface area contributed by atoms with Gasteiger partial charge in [-0.1, -0.05) is 12.1 Å². The number of para-hydroxylation sites is 1. The maximum absolute atomic E-state index is 13.6. The molecule has 0 saturated heterocycles. The van der Waals surface area contributed by atoms with Crippen molar-refractivity contribution in [2.45, 2.75) is 13.0 Å². The van der Waals surface area contributed by atoms with Gasteiger partial charge in [0.1, 0.15) is 5.82 Å². The molecular weight excluding hydrogens is 366 g/mol. The second-order valence-electron chi connectivity index (χ2n) is 5.99. The zero-order chi connectivity index (χ0) is 20.1. The molecule has 1 unspecified atom stereocenters. The number of benzene rings is 2. The quantitative estimate of drug-likeness (QED) is 0.525. The van der Waals surface area contributed by atoms with Gasteiger partial charge in [-0.25, -0.2) is 17.6 Å². The first kappa shape index (κ1) is 20.4. The van der Waals surface area contributed by atoms with Gasteiger partial charge in [0.15, 0.2) is 30.0 Å². The molecule has 0 spiro atoms. The lowest BCUT2D eigenvalue weighted by Gasteiger charge is -2.20. The van der Waals surface area contributed by atoms with Crippen molar-refractivity contribution >= 4 is 23.2 Å². The van der Waals surface area contributed by atoms with Gasteiger partial charge in [-0.3, -0.25) is 9.59 Å². The topological polar surface area (TPSA) is 62.6 Å². The van der Waals surface area contributed by atoms with Crippen LogP contribution in [0.5, 0.6) is 0 Å². The number of hydrogen-bond donors (Lipinski definition) is 3. The maximum atomic E-state index is 13.6. The number of carbonyl (C=O) groups excluding carboxylic acids is 2. The average molecular weight is 384 g/mol. The Balaban J connectivity index is 1.96. The van der Waals surface area contributed by atoms with Crippen LogP contribution in [0.2, 0.25) is 0 Å². The first-order valence-corrected chi connectivity index (χ1v) is 8.01. The van der Waals surface area contributed by atoms with Crippen molar-refractivity contribution in [1.82, 2.24) is 0 Å². The summed E-state index contributed by atoms with van der Waals surface area (Å²) >= 11 is 0. The van der Waals surface area contributed by atoms with E-state index in [1.807, 2.05) is 0 Å².